The maximum absolute atomic E-state index is 6.31. The summed E-state index contributed by atoms with van der Waals surface area (Å²) in [6, 6.07) is 49.6. The predicted molar refractivity (Wildman–Crippen MR) is 281 cm³/mol. The summed E-state index contributed by atoms with van der Waals surface area (Å²) in [5.74, 6) is 0. The van der Waals surface area contributed by atoms with Crippen LogP contribution in [-0.2, 0) is 5.54 Å². The quantitative estimate of drug-likeness (QED) is 0.122. The van der Waals surface area contributed by atoms with E-state index in [-0.39, 0.29) is 5.54 Å². The van der Waals surface area contributed by atoms with Crippen molar-refractivity contribution in [2.45, 2.75) is 46.6 Å². The molecule has 0 bridgehead atoms. The van der Waals surface area contributed by atoms with Gasteiger partial charge in [0.15, 0.2) is 0 Å². The molecule has 3 heterocycles. The van der Waals surface area contributed by atoms with Crippen LogP contribution in [0.25, 0.3) is 88.7 Å². The molecule has 0 amide bonds. The van der Waals surface area contributed by atoms with Crippen molar-refractivity contribution in [3.8, 4) is 0 Å². The molecule has 4 nitrogen and oxygen atoms in total. The van der Waals surface area contributed by atoms with Gasteiger partial charge in [-0.3, -0.25) is 0 Å². The topological polar surface area (TPSA) is 35.0 Å². The molecule has 3 aromatic heterocycles. The van der Waals surface area contributed by atoms with Crippen LogP contribution in [0, 0.1) is 6.92 Å². The number of nitrogens with zero attached hydrogens (tertiary/aromatic N) is 2. The molecule has 1 atom stereocenters. The zero-order valence-electron chi connectivity index (χ0n) is 37.8. The van der Waals surface area contributed by atoms with E-state index in [4.69, 9.17) is 4.42 Å². The number of hydrogen-bond acceptors (Lipinski definition) is 2. The van der Waals surface area contributed by atoms with Crippen LogP contribution >= 0.6 is 0 Å². The molecule has 1 aliphatic carbocycles. The first-order valence-corrected chi connectivity index (χ1v) is 22.6. The molecule has 4 heteroatoms. The van der Waals surface area contributed by atoms with Gasteiger partial charge in [-0.1, -0.05) is 146 Å². The number of anilines is 1. The monoisotopic (exact) mass is 843 g/mol. The Kier molecular flexibility index (Phi) is 10.8. The van der Waals surface area contributed by atoms with Gasteiger partial charge in [0.05, 0.1) is 11.2 Å². The smallest absolute Gasteiger partial charge is 0.143 e. The van der Waals surface area contributed by atoms with Crippen LogP contribution in [0.5, 0.6) is 0 Å². The lowest BCUT2D eigenvalue weighted by Gasteiger charge is -2.32. The molecule has 11 rings (SSSR count). The summed E-state index contributed by atoms with van der Waals surface area (Å²) in [5, 5.41) is 13.6. The molecule has 0 fully saturated rings. The molecular weight excluding hydrogens is 791 g/mol. The molecule has 0 saturated heterocycles. The first-order valence-electron chi connectivity index (χ1n) is 22.6. The van der Waals surface area contributed by atoms with Crippen molar-refractivity contribution in [2.24, 2.45) is 0 Å². The SMILES string of the molecule is C=Cc1c(/C=C\C)c2ccccc2c2cc(NC(/C=C\C)=C(/C)n3cccc3)ccc12.Cc1ccc2c(c1)c1ccccc1n2C1(C)C=CC(c2cccc3c2oc2ccccc23)=CC1. The summed E-state index contributed by atoms with van der Waals surface area (Å²) >= 11 is 0. The standard InChI is InChI=1S/C32H25NO.C29H28N2/c1-21-14-15-29-27(20-21)24-8-3-5-12-28(24)33(29)32(2)18-16-22(17-19-32)23-10-7-11-26-25-9-4-6-13-30(25)34-31(23)26;1-5-12-24-23(7-3)27-17-16-22(20-28(27)26-15-9-8-14-25(24)26)30-29(13-6-2)21(4)31-18-10-11-19-31/h3-18,20H,19H2,1-2H3;5-20,30H,3H2,1-2,4H3/b;12-5-,13-6-,29-21-. The highest BCUT2D eigenvalue weighted by Gasteiger charge is 2.29. The van der Waals surface area contributed by atoms with Crippen LogP contribution < -0.4 is 5.32 Å². The number of aromatic nitrogens is 2. The molecule has 1 N–H and O–H groups in total. The van der Waals surface area contributed by atoms with E-state index in [1.165, 1.54) is 76.4 Å². The minimum atomic E-state index is -0.151. The van der Waals surface area contributed by atoms with Crippen molar-refractivity contribution in [3.63, 3.8) is 0 Å². The number of para-hydroxylation sites is 3. The van der Waals surface area contributed by atoms with Gasteiger partial charge < -0.3 is 18.9 Å². The van der Waals surface area contributed by atoms with E-state index in [2.05, 4.69) is 219 Å². The highest BCUT2D eigenvalue weighted by atomic mass is 16.3. The van der Waals surface area contributed by atoms with Gasteiger partial charge in [-0.05, 0) is 134 Å². The number of hydrogen-bond donors (Lipinski definition) is 1. The molecule has 1 unspecified atom stereocenters. The molecule has 0 radical (unpaired) electrons. The van der Waals surface area contributed by atoms with Gasteiger partial charge in [-0.15, -0.1) is 0 Å². The molecule has 0 saturated carbocycles. The zero-order chi connectivity index (χ0) is 44.7. The van der Waals surface area contributed by atoms with E-state index in [1.807, 2.05) is 37.3 Å². The fraction of sp³-hybridized carbons (Fsp3) is 0.115. The van der Waals surface area contributed by atoms with Crippen LogP contribution in [0.4, 0.5) is 5.69 Å². The van der Waals surface area contributed by atoms with Crippen LogP contribution in [-0.4, -0.2) is 9.13 Å². The molecule has 318 valence electrons. The lowest BCUT2D eigenvalue weighted by atomic mass is 9.87. The van der Waals surface area contributed by atoms with Crippen molar-refractivity contribution in [2.75, 3.05) is 5.32 Å². The number of nitrogens with one attached hydrogen (secondary N) is 1. The number of fused-ring (bicyclic) bond motifs is 9. The van der Waals surface area contributed by atoms with Crippen LogP contribution in [0.15, 0.2) is 205 Å². The van der Waals surface area contributed by atoms with Gasteiger partial charge in [-0.25, -0.2) is 0 Å². The maximum atomic E-state index is 6.31. The fourth-order valence-electron chi connectivity index (χ4n) is 9.86. The number of furan rings is 1. The van der Waals surface area contributed by atoms with Crippen LogP contribution in [0.3, 0.4) is 0 Å². The largest absolute Gasteiger partial charge is 0.455 e. The molecule has 1 aliphatic rings. The first kappa shape index (κ1) is 41.2. The highest BCUT2D eigenvalue weighted by Crippen LogP contribution is 2.42. The Morgan fingerprint density at radius 2 is 1.38 bits per heavy atom. The Hall–Kier alpha value is -7.82. The van der Waals surface area contributed by atoms with Gasteiger partial charge >= 0.3 is 0 Å². The third-order valence-electron chi connectivity index (χ3n) is 13.1. The second-order valence-corrected chi connectivity index (χ2v) is 17.3. The van der Waals surface area contributed by atoms with Gasteiger partial charge in [0.25, 0.3) is 0 Å². The van der Waals surface area contributed by atoms with Gasteiger partial charge in [0.2, 0.25) is 0 Å². The van der Waals surface area contributed by atoms with Crippen molar-refractivity contribution in [1.29, 1.82) is 0 Å². The first-order chi connectivity index (χ1) is 31.8. The summed E-state index contributed by atoms with van der Waals surface area (Å²) in [6.45, 7) is 14.8. The highest BCUT2D eigenvalue weighted by molar-refractivity contribution is 6.16. The molecule has 7 aromatic carbocycles. The third kappa shape index (κ3) is 7.31. The second-order valence-electron chi connectivity index (χ2n) is 17.3. The van der Waals surface area contributed by atoms with Crippen molar-refractivity contribution >= 4 is 94.4 Å². The van der Waals surface area contributed by atoms with Crippen molar-refractivity contribution in [3.05, 3.63) is 223 Å². The van der Waals surface area contributed by atoms with E-state index < -0.39 is 0 Å². The van der Waals surface area contributed by atoms with E-state index in [9.17, 15) is 0 Å². The minimum Gasteiger partial charge on any atom is -0.455 e. The molecule has 0 spiro atoms. The number of benzene rings is 7. The molecule has 10 aromatic rings. The molecule has 0 aliphatic heterocycles. The summed E-state index contributed by atoms with van der Waals surface area (Å²) in [7, 11) is 0. The van der Waals surface area contributed by atoms with Gasteiger partial charge in [0.1, 0.15) is 11.2 Å². The van der Waals surface area contributed by atoms with Gasteiger partial charge in [0, 0.05) is 61.9 Å². The average molecular weight is 844 g/mol. The Morgan fingerprint density at radius 3 is 2.14 bits per heavy atom. The summed E-state index contributed by atoms with van der Waals surface area (Å²) in [6.07, 6.45) is 22.5. The normalized spacial score (nSPS) is 15.7. The minimum absolute atomic E-state index is 0.151. The zero-order valence-corrected chi connectivity index (χ0v) is 37.8. The van der Waals surface area contributed by atoms with Crippen LogP contribution in [0.2, 0.25) is 0 Å². The lowest BCUT2D eigenvalue weighted by Crippen LogP contribution is -2.28. The van der Waals surface area contributed by atoms with E-state index in [0.29, 0.717) is 0 Å². The van der Waals surface area contributed by atoms with Crippen molar-refractivity contribution < 1.29 is 4.42 Å². The number of rotatable bonds is 8. The third-order valence-corrected chi connectivity index (χ3v) is 13.1. The second kappa shape index (κ2) is 17.0. The average Bonchev–Trinajstić information content (AvgIpc) is 4.09. The lowest BCUT2D eigenvalue weighted by molar-refractivity contribution is 0.438. The van der Waals surface area contributed by atoms with E-state index in [0.717, 1.165) is 40.2 Å². The predicted octanol–water partition coefficient (Wildman–Crippen LogP) is 17.1. The Morgan fingerprint density at radius 1 is 0.677 bits per heavy atom. The Bertz CT molecular complexity index is 3620. The summed E-state index contributed by atoms with van der Waals surface area (Å²) in [5.41, 5.74) is 13.7. The Balaban J connectivity index is 0.000000154. The van der Waals surface area contributed by atoms with Crippen molar-refractivity contribution in [1.82, 2.24) is 9.13 Å². The molecule has 65 heavy (non-hydrogen) atoms. The number of aryl methyl sites for hydroxylation is 1. The maximum Gasteiger partial charge on any atom is 0.143 e. The van der Waals surface area contributed by atoms with E-state index in [1.54, 1.807) is 0 Å². The Labute approximate surface area is 381 Å². The van der Waals surface area contributed by atoms with Gasteiger partial charge in [-0.2, -0.15) is 0 Å². The number of allylic oxidation sites excluding steroid dienone is 8. The fourth-order valence-corrected chi connectivity index (χ4v) is 9.86. The summed E-state index contributed by atoms with van der Waals surface area (Å²) < 4.78 is 10.9. The van der Waals surface area contributed by atoms with E-state index >= 15 is 0 Å². The summed E-state index contributed by atoms with van der Waals surface area (Å²) in [4.78, 5) is 0. The van der Waals surface area contributed by atoms with Crippen LogP contribution in [0.1, 0.15) is 56.4 Å². The molecular formula is C61H53N3O.